The van der Waals surface area contributed by atoms with Crippen molar-refractivity contribution in [1.82, 2.24) is 0 Å². The van der Waals surface area contributed by atoms with Gasteiger partial charge >= 0.3 is 0 Å². The highest BCUT2D eigenvalue weighted by Crippen LogP contribution is 2.74. The highest BCUT2D eigenvalue weighted by Gasteiger charge is 2.65. The molecule has 0 aromatic rings. The number of hydrogen-bond acceptors (Lipinski definition) is 1. The average Bonchev–Trinajstić information content (AvgIpc) is 2.69. The van der Waals surface area contributed by atoms with Crippen LogP contribution in [0.2, 0.25) is 0 Å². The Kier molecular flexibility index (Phi) is 4.68. The summed E-state index contributed by atoms with van der Waals surface area (Å²) in [6.07, 6.45) is 15.3. The van der Waals surface area contributed by atoms with Crippen LogP contribution in [-0.4, -0.2) is 11.2 Å². The molecule has 9 atom stereocenters. The monoisotopic (exact) mass is 424 g/mol. The summed E-state index contributed by atoms with van der Waals surface area (Å²) < 4.78 is 0. The highest BCUT2D eigenvalue weighted by atomic mass is 16.3. The maximum atomic E-state index is 10.9. The molecule has 1 N–H and O–H groups in total. The topological polar surface area (TPSA) is 20.2 Å². The van der Waals surface area contributed by atoms with Crippen molar-refractivity contribution in [2.45, 2.75) is 113 Å². The maximum Gasteiger partial charge on any atom is 0.0594 e. The minimum absolute atomic E-state index is 0.0124. The standard InChI is InChI=1S/C30H48O/c1-19-11-14-27(5)17-18-29(7)21(25(27)20(19)2)9-10-23-28(6)15-13-24(31)26(3,4)22(28)12-16-30(23,29)8/h9-10,19-20,22,24-25,31H,11-18H2,1-8H3/t19-,20+,22+,24+,25+,27-,28+,29-,30-/m1/s1. The van der Waals surface area contributed by atoms with E-state index in [1.165, 1.54) is 38.5 Å². The number of aliphatic hydroxyl groups excluding tert-OH is 1. The molecular weight excluding hydrogens is 376 g/mol. The number of hydrogen-bond donors (Lipinski definition) is 1. The third kappa shape index (κ3) is 2.59. The minimum Gasteiger partial charge on any atom is -0.393 e. The fourth-order valence-electron chi connectivity index (χ4n) is 10.2. The summed E-state index contributed by atoms with van der Waals surface area (Å²) in [5.41, 5.74) is 4.84. The molecule has 4 saturated carbocycles. The van der Waals surface area contributed by atoms with Crippen molar-refractivity contribution < 1.29 is 5.11 Å². The Morgan fingerprint density at radius 3 is 2.19 bits per heavy atom. The molecule has 4 fully saturated rings. The predicted molar refractivity (Wildman–Crippen MR) is 131 cm³/mol. The molecule has 5 rings (SSSR count). The largest absolute Gasteiger partial charge is 0.393 e. The molecule has 0 aromatic heterocycles. The van der Waals surface area contributed by atoms with Gasteiger partial charge in [-0.05, 0) is 102 Å². The summed E-state index contributed by atoms with van der Waals surface area (Å²) in [5.74, 6) is 2.97. The zero-order chi connectivity index (χ0) is 22.6. The Balaban J connectivity index is 1.64. The zero-order valence-corrected chi connectivity index (χ0v) is 21.6. The number of fused-ring (bicyclic) bond motifs is 7. The Bertz CT molecular complexity index is 833. The first-order valence-electron chi connectivity index (χ1n) is 13.4. The first-order chi connectivity index (χ1) is 14.3. The fourth-order valence-corrected chi connectivity index (χ4v) is 10.2. The van der Waals surface area contributed by atoms with E-state index in [1.807, 2.05) is 5.57 Å². The lowest BCUT2D eigenvalue weighted by atomic mass is 9.36. The minimum atomic E-state index is -0.152. The molecular formula is C30H48O. The third-order valence-electron chi connectivity index (χ3n) is 12.8. The lowest BCUT2D eigenvalue weighted by Crippen LogP contribution is -2.61. The van der Waals surface area contributed by atoms with Crippen LogP contribution in [-0.2, 0) is 0 Å². The van der Waals surface area contributed by atoms with E-state index >= 15 is 0 Å². The maximum absolute atomic E-state index is 10.9. The first kappa shape index (κ1) is 22.2. The molecule has 1 heteroatoms. The Morgan fingerprint density at radius 2 is 1.48 bits per heavy atom. The van der Waals surface area contributed by atoms with Gasteiger partial charge in [0.2, 0.25) is 0 Å². The van der Waals surface area contributed by atoms with Gasteiger partial charge in [0.25, 0.3) is 0 Å². The number of allylic oxidation sites excluding steroid dienone is 4. The van der Waals surface area contributed by atoms with E-state index < -0.39 is 0 Å². The van der Waals surface area contributed by atoms with Crippen molar-refractivity contribution in [3.05, 3.63) is 23.3 Å². The van der Waals surface area contributed by atoms with Crippen LogP contribution < -0.4 is 0 Å². The van der Waals surface area contributed by atoms with Crippen molar-refractivity contribution in [3.8, 4) is 0 Å². The summed E-state index contributed by atoms with van der Waals surface area (Å²) in [7, 11) is 0. The van der Waals surface area contributed by atoms with Crippen LogP contribution in [0, 0.1) is 50.7 Å². The van der Waals surface area contributed by atoms with Gasteiger partial charge in [-0.1, -0.05) is 78.7 Å². The lowest BCUT2D eigenvalue weighted by Gasteiger charge is -2.69. The Labute approximate surface area is 192 Å². The fraction of sp³-hybridized carbons (Fsp3) is 0.867. The SMILES string of the molecule is C[C@H]1[C@H](C)CC[C@]2(C)CC[C@]3(C)C(=CC=C4[C@@]5(C)CC[C@H](O)C(C)(C)[C@@H]5CC[C@]43C)[C@H]12. The van der Waals surface area contributed by atoms with Crippen LogP contribution in [0.4, 0.5) is 0 Å². The molecule has 31 heavy (non-hydrogen) atoms. The van der Waals surface area contributed by atoms with E-state index in [9.17, 15) is 5.11 Å². The van der Waals surface area contributed by atoms with Crippen LogP contribution in [0.25, 0.3) is 0 Å². The predicted octanol–water partition coefficient (Wildman–Crippen LogP) is 7.94. The van der Waals surface area contributed by atoms with Gasteiger partial charge < -0.3 is 5.11 Å². The van der Waals surface area contributed by atoms with E-state index in [1.54, 1.807) is 5.57 Å². The number of aliphatic hydroxyl groups is 1. The Hall–Kier alpha value is -0.560. The molecule has 0 radical (unpaired) electrons. The van der Waals surface area contributed by atoms with Crippen molar-refractivity contribution in [1.29, 1.82) is 0 Å². The molecule has 0 aromatic carbocycles. The molecule has 0 heterocycles. The van der Waals surface area contributed by atoms with Crippen LogP contribution in [0.5, 0.6) is 0 Å². The highest BCUT2D eigenvalue weighted by molar-refractivity contribution is 5.45. The van der Waals surface area contributed by atoms with Gasteiger partial charge in [0.05, 0.1) is 6.10 Å². The van der Waals surface area contributed by atoms with Gasteiger partial charge in [0, 0.05) is 0 Å². The smallest absolute Gasteiger partial charge is 0.0594 e. The summed E-state index contributed by atoms with van der Waals surface area (Å²) in [6.45, 7) is 20.2. The zero-order valence-electron chi connectivity index (χ0n) is 21.6. The van der Waals surface area contributed by atoms with E-state index in [2.05, 4.69) is 67.5 Å². The van der Waals surface area contributed by atoms with E-state index in [-0.39, 0.29) is 22.3 Å². The van der Waals surface area contributed by atoms with Crippen molar-refractivity contribution in [2.24, 2.45) is 50.7 Å². The van der Waals surface area contributed by atoms with Gasteiger partial charge in [0.15, 0.2) is 0 Å². The second-order valence-electron chi connectivity index (χ2n) is 14.3. The second kappa shape index (κ2) is 6.52. The summed E-state index contributed by atoms with van der Waals surface area (Å²) in [5, 5.41) is 10.9. The average molecular weight is 425 g/mol. The molecule has 0 amide bonds. The summed E-state index contributed by atoms with van der Waals surface area (Å²) in [4.78, 5) is 0. The van der Waals surface area contributed by atoms with E-state index in [0.717, 1.165) is 30.6 Å². The second-order valence-corrected chi connectivity index (χ2v) is 14.3. The quantitative estimate of drug-likeness (QED) is 0.418. The summed E-state index contributed by atoms with van der Waals surface area (Å²) >= 11 is 0. The molecule has 0 bridgehead atoms. The van der Waals surface area contributed by atoms with Crippen LogP contribution in [0.3, 0.4) is 0 Å². The van der Waals surface area contributed by atoms with E-state index in [0.29, 0.717) is 16.7 Å². The lowest BCUT2D eigenvalue weighted by molar-refractivity contribution is -0.126. The molecule has 5 aliphatic carbocycles. The van der Waals surface area contributed by atoms with Crippen LogP contribution in [0.1, 0.15) is 107 Å². The molecule has 1 nitrogen and oxygen atoms in total. The first-order valence-corrected chi connectivity index (χ1v) is 13.4. The molecule has 0 saturated heterocycles. The van der Waals surface area contributed by atoms with Gasteiger partial charge in [0.1, 0.15) is 0 Å². The van der Waals surface area contributed by atoms with Crippen LogP contribution >= 0.6 is 0 Å². The Morgan fingerprint density at radius 1 is 0.774 bits per heavy atom. The molecule has 174 valence electrons. The van der Waals surface area contributed by atoms with E-state index in [4.69, 9.17) is 0 Å². The molecule has 5 aliphatic rings. The summed E-state index contributed by atoms with van der Waals surface area (Å²) in [6, 6.07) is 0. The normalized spacial score (nSPS) is 55.7. The molecule has 0 spiro atoms. The van der Waals surface area contributed by atoms with Crippen LogP contribution in [0.15, 0.2) is 23.3 Å². The van der Waals surface area contributed by atoms with Gasteiger partial charge in [-0.25, -0.2) is 0 Å². The van der Waals surface area contributed by atoms with Gasteiger partial charge in [-0.3, -0.25) is 0 Å². The van der Waals surface area contributed by atoms with Gasteiger partial charge in [-0.15, -0.1) is 0 Å². The van der Waals surface area contributed by atoms with Crippen molar-refractivity contribution in [2.75, 3.05) is 0 Å². The molecule has 0 aliphatic heterocycles. The molecule has 0 unspecified atom stereocenters. The third-order valence-corrected chi connectivity index (χ3v) is 12.8. The number of rotatable bonds is 0. The van der Waals surface area contributed by atoms with Crippen molar-refractivity contribution in [3.63, 3.8) is 0 Å². The van der Waals surface area contributed by atoms with Gasteiger partial charge in [-0.2, -0.15) is 0 Å². The van der Waals surface area contributed by atoms with Crippen molar-refractivity contribution >= 4 is 0 Å².